The number of hydrogen-bond donors (Lipinski definition) is 0. The number of hydrogen-bond acceptors (Lipinski definition) is 2. The van der Waals surface area contributed by atoms with Gasteiger partial charge in [-0.2, -0.15) is 5.10 Å². The van der Waals surface area contributed by atoms with Crippen molar-refractivity contribution in [1.29, 1.82) is 0 Å². The van der Waals surface area contributed by atoms with Gasteiger partial charge in [-0.05, 0) is 53.5 Å². The van der Waals surface area contributed by atoms with E-state index in [0.717, 1.165) is 21.4 Å². The normalized spacial score (nSPS) is 10.8. The molecule has 0 fully saturated rings. The number of Topliss-reactive ketones (excluding diaryl/α,β-unsaturated/α-hetero) is 1. The first kappa shape index (κ1) is 13.9. The van der Waals surface area contributed by atoms with Gasteiger partial charge in [-0.1, -0.05) is 0 Å². The van der Waals surface area contributed by atoms with Crippen molar-refractivity contribution in [1.82, 2.24) is 9.78 Å². The summed E-state index contributed by atoms with van der Waals surface area (Å²) in [5.41, 5.74) is 2.76. The Morgan fingerprint density at radius 1 is 1.37 bits per heavy atom. The topological polar surface area (TPSA) is 34.9 Å². The highest BCUT2D eigenvalue weighted by Gasteiger charge is 2.16. The van der Waals surface area contributed by atoms with Gasteiger partial charge in [0.25, 0.3) is 0 Å². The smallest absolute Gasteiger partial charge is 0.168 e. The molecule has 0 unspecified atom stereocenters. The molecule has 1 aromatic heterocycles. The molecule has 0 amide bonds. The molecule has 1 aromatic carbocycles. The van der Waals surface area contributed by atoms with Gasteiger partial charge < -0.3 is 0 Å². The number of aryl methyl sites for hydroxylation is 3. The second-order valence-corrected chi connectivity index (χ2v) is 5.38. The Bertz CT molecular complexity index is 629. The molecule has 0 N–H and O–H groups in total. The summed E-state index contributed by atoms with van der Waals surface area (Å²) in [6.07, 6.45) is 0.195. The van der Waals surface area contributed by atoms with E-state index in [4.69, 9.17) is 0 Å². The molecule has 0 atom stereocenters. The van der Waals surface area contributed by atoms with Crippen molar-refractivity contribution in [3.05, 3.63) is 51.0 Å². The van der Waals surface area contributed by atoms with E-state index in [-0.39, 0.29) is 18.0 Å². The van der Waals surface area contributed by atoms with Gasteiger partial charge in [0.2, 0.25) is 0 Å². The van der Waals surface area contributed by atoms with Crippen LogP contribution in [-0.2, 0) is 13.5 Å². The molecule has 3 nitrogen and oxygen atoms in total. The monoisotopic (exact) mass is 324 g/mol. The van der Waals surface area contributed by atoms with Gasteiger partial charge in [-0.25, -0.2) is 4.39 Å². The number of aromatic nitrogens is 2. The first-order valence-electron chi connectivity index (χ1n) is 5.87. The predicted molar refractivity (Wildman–Crippen MR) is 74.8 cm³/mol. The molecule has 5 heteroatoms. The van der Waals surface area contributed by atoms with Crippen LogP contribution in [0.3, 0.4) is 0 Å². The van der Waals surface area contributed by atoms with E-state index < -0.39 is 0 Å². The molecular formula is C14H14BrFN2O. The zero-order valence-corrected chi connectivity index (χ0v) is 12.6. The van der Waals surface area contributed by atoms with Gasteiger partial charge in [-0.15, -0.1) is 0 Å². The maximum absolute atomic E-state index is 13.3. The zero-order valence-electron chi connectivity index (χ0n) is 11.0. The summed E-state index contributed by atoms with van der Waals surface area (Å²) in [5, 5.41) is 4.24. The van der Waals surface area contributed by atoms with E-state index in [0.29, 0.717) is 5.56 Å². The Balaban J connectivity index is 2.30. The summed E-state index contributed by atoms with van der Waals surface area (Å²) in [6, 6.07) is 4.37. The molecule has 2 rings (SSSR count). The Hall–Kier alpha value is -1.49. The van der Waals surface area contributed by atoms with Crippen LogP contribution in [0.15, 0.2) is 22.7 Å². The molecule has 0 radical (unpaired) electrons. The summed E-state index contributed by atoms with van der Waals surface area (Å²) < 4.78 is 15.8. The fraction of sp³-hybridized carbons (Fsp3) is 0.286. The number of benzene rings is 1. The van der Waals surface area contributed by atoms with E-state index >= 15 is 0 Å². The summed E-state index contributed by atoms with van der Waals surface area (Å²) in [5.74, 6) is -0.505. The Labute approximate surface area is 119 Å². The molecular weight excluding hydrogens is 311 g/mol. The van der Waals surface area contributed by atoms with Crippen LogP contribution < -0.4 is 0 Å². The lowest BCUT2D eigenvalue weighted by atomic mass is 10.0. The number of halogens is 2. The van der Waals surface area contributed by atoms with E-state index in [2.05, 4.69) is 21.0 Å². The van der Waals surface area contributed by atoms with Crippen LogP contribution in [0, 0.1) is 19.7 Å². The Kier molecular flexibility index (Phi) is 3.85. The largest absolute Gasteiger partial charge is 0.294 e. The van der Waals surface area contributed by atoms with Crippen LogP contribution in [0.25, 0.3) is 0 Å². The fourth-order valence-corrected chi connectivity index (χ4v) is 2.50. The summed E-state index contributed by atoms with van der Waals surface area (Å²) in [6.45, 7) is 3.63. The molecule has 0 spiro atoms. The fourth-order valence-electron chi connectivity index (χ4n) is 2.02. The third kappa shape index (κ3) is 2.92. The Morgan fingerprint density at radius 3 is 2.58 bits per heavy atom. The molecule has 1 heterocycles. The molecule has 0 aliphatic carbocycles. The van der Waals surface area contributed by atoms with Crippen LogP contribution in [0.2, 0.25) is 0 Å². The Morgan fingerprint density at radius 2 is 2.05 bits per heavy atom. The van der Waals surface area contributed by atoms with E-state index in [9.17, 15) is 9.18 Å². The molecule has 2 aromatic rings. The van der Waals surface area contributed by atoms with Crippen molar-refractivity contribution in [3.8, 4) is 0 Å². The van der Waals surface area contributed by atoms with Gasteiger partial charge in [0.05, 0.1) is 22.3 Å². The van der Waals surface area contributed by atoms with Crippen molar-refractivity contribution in [2.24, 2.45) is 7.05 Å². The minimum atomic E-state index is -0.386. The quantitative estimate of drug-likeness (QED) is 0.811. The standard InChI is InChI=1S/C14H14BrFN2O/c1-8-4-10(6-11(16)5-8)13(19)7-12-14(15)9(2)17-18(12)3/h4-6H,7H2,1-3H3. The SMILES string of the molecule is Cc1cc(F)cc(C(=O)Cc2c(Br)c(C)nn2C)c1. The number of ketones is 1. The highest BCUT2D eigenvalue weighted by Crippen LogP contribution is 2.22. The first-order valence-corrected chi connectivity index (χ1v) is 6.66. The lowest BCUT2D eigenvalue weighted by molar-refractivity contribution is 0.0990. The summed E-state index contributed by atoms with van der Waals surface area (Å²) in [4.78, 5) is 12.2. The van der Waals surface area contributed by atoms with Crippen molar-refractivity contribution >= 4 is 21.7 Å². The van der Waals surface area contributed by atoms with Gasteiger partial charge >= 0.3 is 0 Å². The molecule has 100 valence electrons. The molecule has 0 aliphatic heterocycles. The lowest BCUT2D eigenvalue weighted by Gasteiger charge is -2.04. The second kappa shape index (κ2) is 5.25. The molecule has 0 bridgehead atoms. The lowest BCUT2D eigenvalue weighted by Crippen LogP contribution is -2.09. The minimum Gasteiger partial charge on any atom is -0.294 e. The van der Waals surface area contributed by atoms with Gasteiger partial charge in [-0.3, -0.25) is 9.48 Å². The van der Waals surface area contributed by atoms with Crippen LogP contribution in [0.4, 0.5) is 4.39 Å². The van der Waals surface area contributed by atoms with Crippen molar-refractivity contribution in [2.75, 3.05) is 0 Å². The third-order valence-electron chi connectivity index (χ3n) is 2.95. The minimum absolute atomic E-state index is 0.119. The van der Waals surface area contributed by atoms with E-state index in [1.807, 2.05) is 6.92 Å². The number of rotatable bonds is 3. The second-order valence-electron chi connectivity index (χ2n) is 4.59. The van der Waals surface area contributed by atoms with Crippen LogP contribution in [0.5, 0.6) is 0 Å². The average molecular weight is 325 g/mol. The number of nitrogens with zero attached hydrogens (tertiary/aromatic N) is 2. The number of carbonyl (C=O) groups is 1. The van der Waals surface area contributed by atoms with Gasteiger partial charge in [0, 0.05) is 12.6 Å². The summed E-state index contributed by atoms with van der Waals surface area (Å²) in [7, 11) is 1.79. The van der Waals surface area contributed by atoms with Crippen molar-refractivity contribution < 1.29 is 9.18 Å². The highest BCUT2D eigenvalue weighted by molar-refractivity contribution is 9.10. The highest BCUT2D eigenvalue weighted by atomic mass is 79.9. The van der Waals surface area contributed by atoms with Gasteiger partial charge in [0.15, 0.2) is 5.78 Å². The third-order valence-corrected chi connectivity index (χ3v) is 3.99. The van der Waals surface area contributed by atoms with Crippen LogP contribution in [0.1, 0.15) is 27.3 Å². The van der Waals surface area contributed by atoms with Crippen LogP contribution >= 0.6 is 15.9 Å². The van der Waals surface area contributed by atoms with Gasteiger partial charge in [0.1, 0.15) is 5.82 Å². The summed E-state index contributed by atoms with van der Waals surface area (Å²) >= 11 is 3.42. The molecule has 0 aliphatic rings. The average Bonchev–Trinajstić information content (AvgIpc) is 2.54. The maximum Gasteiger partial charge on any atom is 0.168 e. The maximum atomic E-state index is 13.3. The molecule has 19 heavy (non-hydrogen) atoms. The van der Waals surface area contributed by atoms with Crippen LogP contribution in [-0.4, -0.2) is 15.6 Å². The predicted octanol–water partition coefficient (Wildman–Crippen LogP) is 3.36. The molecule has 0 saturated carbocycles. The van der Waals surface area contributed by atoms with E-state index in [1.165, 1.54) is 12.1 Å². The van der Waals surface area contributed by atoms with Crippen molar-refractivity contribution in [3.63, 3.8) is 0 Å². The van der Waals surface area contributed by atoms with E-state index in [1.54, 1.807) is 24.7 Å². The number of carbonyl (C=O) groups excluding carboxylic acids is 1. The molecule has 0 saturated heterocycles. The van der Waals surface area contributed by atoms with Crippen molar-refractivity contribution in [2.45, 2.75) is 20.3 Å². The first-order chi connectivity index (χ1) is 8.88. The zero-order chi connectivity index (χ0) is 14.2.